The van der Waals surface area contributed by atoms with Crippen molar-refractivity contribution in [3.63, 3.8) is 0 Å². The van der Waals surface area contributed by atoms with Crippen molar-refractivity contribution >= 4 is 16.8 Å². The smallest absolute Gasteiger partial charge is 0.228 e. The largest absolute Gasteiger partial charge is 0.384 e. The fourth-order valence-electron chi connectivity index (χ4n) is 3.37. The lowest BCUT2D eigenvalue weighted by Gasteiger charge is -2.27. The van der Waals surface area contributed by atoms with Gasteiger partial charge in [0.25, 0.3) is 0 Å². The molecule has 3 rings (SSSR count). The van der Waals surface area contributed by atoms with Gasteiger partial charge >= 0.3 is 0 Å². The maximum Gasteiger partial charge on any atom is 0.228 e. The van der Waals surface area contributed by atoms with E-state index < -0.39 is 5.41 Å². The van der Waals surface area contributed by atoms with E-state index in [1.54, 1.807) is 7.11 Å². The Hall–Kier alpha value is -1.98. The summed E-state index contributed by atoms with van der Waals surface area (Å²) in [4.78, 5) is 17.0. The minimum atomic E-state index is -0.550. The molecule has 2 heterocycles. The van der Waals surface area contributed by atoms with Gasteiger partial charge in [-0.15, -0.1) is 0 Å². The summed E-state index contributed by atoms with van der Waals surface area (Å²) in [6.07, 6.45) is 2.71. The van der Waals surface area contributed by atoms with Gasteiger partial charge in [-0.25, -0.2) is 0 Å². The topological polar surface area (TPSA) is 60.5 Å². The van der Waals surface area contributed by atoms with E-state index in [9.17, 15) is 4.79 Å². The summed E-state index contributed by atoms with van der Waals surface area (Å²) >= 11 is 0. The Kier molecular flexibility index (Phi) is 5.35. The molecule has 2 aromatic rings. The van der Waals surface area contributed by atoms with Crippen LogP contribution in [0.3, 0.4) is 0 Å². The maximum atomic E-state index is 12.6. The number of nitrogens with zero attached hydrogens (tertiary/aromatic N) is 1. The van der Waals surface area contributed by atoms with Crippen LogP contribution < -0.4 is 5.32 Å². The first-order valence-electron chi connectivity index (χ1n) is 8.71. The Labute approximate surface area is 148 Å². The fraction of sp³-hybridized carbons (Fsp3) is 0.500. The van der Waals surface area contributed by atoms with E-state index in [0.717, 1.165) is 11.9 Å². The molecule has 0 saturated carbocycles. The number of rotatable bonds is 6. The van der Waals surface area contributed by atoms with E-state index in [-0.39, 0.29) is 17.9 Å². The van der Waals surface area contributed by atoms with E-state index in [4.69, 9.17) is 9.47 Å². The normalized spacial score (nSPS) is 20.8. The van der Waals surface area contributed by atoms with Gasteiger partial charge in [-0.05, 0) is 38.0 Å². The van der Waals surface area contributed by atoms with E-state index in [1.165, 1.54) is 10.9 Å². The van der Waals surface area contributed by atoms with Gasteiger partial charge in [-0.1, -0.05) is 18.2 Å². The van der Waals surface area contributed by atoms with Crippen LogP contribution in [0.25, 0.3) is 10.9 Å². The van der Waals surface area contributed by atoms with Gasteiger partial charge in [0, 0.05) is 24.6 Å². The lowest BCUT2D eigenvalue weighted by atomic mass is 9.90. The van der Waals surface area contributed by atoms with Crippen LogP contribution in [0.4, 0.5) is 0 Å². The highest BCUT2D eigenvalue weighted by Crippen LogP contribution is 2.25. The van der Waals surface area contributed by atoms with Gasteiger partial charge in [0.2, 0.25) is 5.91 Å². The van der Waals surface area contributed by atoms with Crippen LogP contribution in [0.5, 0.6) is 0 Å². The van der Waals surface area contributed by atoms with Gasteiger partial charge in [-0.3, -0.25) is 9.78 Å². The fourth-order valence-corrected chi connectivity index (χ4v) is 3.37. The van der Waals surface area contributed by atoms with Crippen molar-refractivity contribution in [2.75, 3.05) is 26.9 Å². The van der Waals surface area contributed by atoms with Gasteiger partial charge in [0.15, 0.2) is 0 Å². The second kappa shape index (κ2) is 7.50. The van der Waals surface area contributed by atoms with Gasteiger partial charge in [-0.2, -0.15) is 0 Å². The van der Waals surface area contributed by atoms with Gasteiger partial charge in [0.05, 0.1) is 36.8 Å². The molecule has 1 aliphatic rings. The molecule has 1 fully saturated rings. The molecule has 0 spiro atoms. The molecule has 1 amide bonds. The number of carbonyl (C=O) groups excluding carboxylic acids is 1. The van der Waals surface area contributed by atoms with E-state index in [0.29, 0.717) is 19.8 Å². The number of nitrogens with one attached hydrogen (secondary N) is 1. The number of pyridine rings is 1. The standard InChI is InChI=1S/C20H26N2O3/c1-20(2,13-24-3)19(23)22-18-12-25-11-15(18)10-14-8-9-21-17-7-5-4-6-16(14)17/h4-9,15,18H,10-13H2,1-3H3,(H,22,23)/t15-,18+/m1/s1. The first-order valence-corrected chi connectivity index (χ1v) is 8.71. The molecule has 5 heteroatoms. The van der Waals surface area contributed by atoms with Crippen LogP contribution in [-0.4, -0.2) is 43.9 Å². The highest BCUT2D eigenvalue weighted by atomic mass is 16.5. The Morgan fingerprint density at radius 1 is 1.32 bits per heavy atom. The molecule has 1 saturated heterocycles. The molecule has 1 N–H and O–H groups in total. The van der Waals surface area contributed by atoms with Crippen molar-refractivity contribution in [3.8, 4) is 0 Å². The van der Waals surface area contributed by atoms with Crippen molar-refractivity contribution in [3.05, 3.63) is 42.1 Å². The summed E-state index contributed by atoms with van der Waals surface area (Å²) in [7, 11) is 1.62. The Morgan fingerprint density at radius 3 is 2.92 bits per heavy atom. The molecule has 1 aliphatic heterocycles. The molecule has 2 atom stereocenters. The summed E-state index contributed by atoms with van der Waals surface area (Å²) in [6, 6.07) is 10.2. The molecule has 0 bridgehead atoms. The summed E-state index contributed by atoms with van der Waals surface area (Å²) in [5.74, 6) is 0.266. The third kappa shape index (κ3) is 3.99. The number of benzene rings is 1. The number of amides is 1. The number of para-hydroxylation sites is 1. The van der Waals surface area contributed by atoms with Crippen LogP contribution >= 0.6 is 0 Å². The first-order chi connectivity index (χ1) is 12.0. The molecule has 0 aliphatic carbocycles. The number of ether oxygens (including phenoxy) is 2. The minimum absolute atomic E-state index is 0.00874. The SMILES string of the molecule is COCC(C)(C)C(=O)N[C@H]1COC[C@H]1Cc1ccnc2ccccc12. The predicted molar refractivity (Wildman–Crippen MR) is 97.3 cm³/mol. The number of hydrogen-bond donors (Lipinski definition) is 1. The zero-order valence-corrected chi connectivity index (χ0v) is 15.1. The van der Waals surface area contributed by atoms with Crippen LogP contribution in [0.15, 0.2) is 36.5 Å². The van der Waals surface area contributed by atoms with Crippen molar-refractivity contribution in [1.82, 2.24) is 10.3 Å². The molecule has 1 aromatic carbocycles. The highest BCUT2D eigenvalue weighted by Gasteiger charge is 2.35. The third-order valence-corrected chi connectivity index (χ3v) is 4.86. The number of methoxy groups -OCH3 is 1. The van der Waals surface area contributed by atoms with Crippen LogP contribution in [-0.2, 0) is 20.7 Å². The Balaban J connectivity index is 1.72. The monoisotopic (exact) mass is 342 g/mol. The van der Waals surface area contributed by atoms with Crippen LogP contribution in [0.2, 0.25) is 0 Å². The molecular weight excluding hydrogens is 316 g/mol. The van der Waals surface area contributed by atoms with Gasteiger partial charge < -0.3 is 14.8 Å². The van der Waals surface area contributed by atoms with Crippen molar-refractivity contribution in [2.24, 2.45) is 11.3 Å². The van der Waals surface area contributed by atoms with Crippen molar-refractivity contribution < 1.29 is 14.3 Å². The zero-order valence-electron chi connectivity index (χ0n) is 15.1. The number of aromatic nitrogens is 1. The number of fused-ring (bicyclic) bond motifs is 1. The summed E-state index contributed by atoms with van der Waals surface area (Å²) in [5, 5.41) is 4.33. The third-order valence-electron chi connectivity index (χ3n) is 4.86. The minimum Gasteiger partial charge on any atom is -0.384 e. The zero-order chi connectivity index (χ0) is 17.9. The second-order valence-corrected chi connectivity index (χ2v) is 7.39. The molecule has 1 aromatic heterocycles. The van der Waals surface area contributed by atoms with Crippen molar-refractivity contribution in [2.45, 2.75) is 26.3 Å². The van der Waals surface area contributed by atoms with E-state index >= 15 is 0 Å². The molecule has 0 radical (unpaired) electrons. The van der Waals surface area contributed by atoms with Crippen LogP contribution in [0, 0.1) is 11.3 Å². The number of hydrogen-bond acceptors (Lipinski definition) is 4. The van der Waals surface area contributed by atoms with E-state index in [2.05, 4.69) is 22.4 Å². The highest BCUT2D eigenvalue weighted by molar-refractivity contribution is 5.83. The average molecular weight is 342 g/mol. The lowest BCUT2D eigenvalue weighted by molar-refractivity contribution is -0.132. The van der Waals surface area contributed by atoms with E-state index in [1.807, 2.05) is 38.2 Å². The summed E-state index contributed by atoms with van der Waals surface area (Å²) in [6.45, 7) is 5.40. The molecule has 5 nitrogen and oxygen atoms in total. The first kappa shape index (κ1) is 17.8. The summed E-state index contributed by atoms with van der Waals surface area (Å²) < 4.78 is 10.8. The van der Waals surface area contributed by atoms with Crippen molar-refractivity contribution in [1.29, 1.82) is 0 Å². The quantitative estimate of drug-likeness (QED) is 0.876. The predicted octanol–water partition coefficient (Wildman–Crippen LogP) is 2.58. The van der Waals surface area contributed by atoms with Crippen LogP contribution in [0.1, 0.15) is 19.4 Å². The number of carbonyl (C=O) groups is 1. The van der Waals surface area contributed by atoms with Gasteiger partial charge in [0.1, 0.15) is 0 Å². The molecular formula is C20H26N2O3. The summed E-state index contributed by atoms with van der Waals surface area (Å²) in [5.41, 5.74) is 1.70. The molecule has 0 unspecified atom stereocenters. The second-order valence-electron chi connectivity index (χ2n) is 7.39. The Morgan fingerprint density at radius 2 is 2.12 bits per heavy atom. The Bertz CT molecular complexity index is 739. The molecule has 134 valence electrons. The molecule has 25 heavy (non-hydrogen) atoms. The lowest BCUT2D eigenvalue weighted by Crippen LogP contribution is -2.47. The average Bonchev–Trinajstić information content (AvgIpc) is 3.02. The maximum absolute atomic E-state index is 12.6.